The number of methoxy groups -OCH3 is 1. The molecule has 1 unspecified atom stereocenters. The van der Waals surface area contributed by atoms with Crippen LogP contribution in [0.4, 0.5) is 0 Å². The molecular weight excluding hydrogens is 236 g/mol. The van der Waals surface area contributed by atoms with Crippen molar-refractivity contribution >= 4 is 0 Å². The van der Waals surface area contributed by atoms with Gasteiger partial charge in [0, 0.05) is 13.2 Å². The lowest BCUT2D eigenvalue weighted by atomic mass is 9.97. The highest BCUT2D eigenvalue weighted by molar-refractivity contribution is 4.75. The van der Waals surface area contributed by atoms with Crippen molar-refractivity contribution in [3.05, 3.63) is 0 Å². The summed E-state index contributed by atoms with van der Waals surface area (Å²) in [5, 5.41) is 3.69. The van der Waals surface area contributed by atoms with Crippen LogP contribution in [0.3, 0.4) is 0 Å². The van der Waals surface area contributed by atoms with E-state index in [1.54, 1.807) is 0 Å². The molecular formula is C16H36N2O. The van der Waals surface area contributed by atoms with E-state index in [9.17, 15) is 0 Å². The van der Waals surface area contributed by atoms with Gasteiger partial charge in [-0.2, -0.15) is 0 Å². The number of hydrogen-bond donors (Lipinski definition) is 1. The largest absolute Gasteiger partial charge is 0.379 e. The molecule has 19 heavy (non-hydrogen) atoms. The SMILES string of the molecule is CCCNC(CCN(CC)CC)CCC(C)(C)OC. The number of rotatable bonds is 12. The van der Waals surface area contributed by atoms with E-state index in [0.29, 0.717) is 6.04 Å². The Morgan fingerprint density at radius 3 is 2.21 bits per heavy atom. The van der Waals surface area contributed by atoms with Gasteiger partial charge in [-0.05, 0) is 65.7 Å². The zero-order chi connectivity index (χ0) is 14.7. The fourth-order valence-corrected chi connectivity index (χ4v) is 2.20. The Bertz CT molecular complexity index is 203. The number of ether oxygens (including phenoxy) is 1. The number of hydrogen-bond acceptors (Lipinski definition) is 3. The summed E-state index contributed by atoms with van der Waals surface area (Å²) in [6.07, 6.45) is 4.75. The van der Waals surface area contributed by atoms with Gasteiger partial charge in [-0.1, -0.05) is 20.8 Å². The summed E-state index contributed by atoms with van der Waals surface area (Å²) in [4.78, 5) is 2.50. The lowest BCUT2D eigenvalue weighted by Gasteiger charge is -2.28. The Kier molecular flexibility index (Phi) is 10.6. The van der Waals surface area contributed by atoms with Gasteiger partial charge in [-0.3, -0.25) is 0 Å². The molecule has 0 rings (SSSR count). The lowest BCUT2D eigenvalue weighted by Crippen LogP contribution is -2.36. The third-order valence-corrected chi connectivity index (χ3v) is 4.02. The fourth-order valence-electron chi connectivity index (χ4n) is 2.20. The number of nitrogens with zero attached hydrogens (tertiary/aromatic N) is 1. The smallest absolute Gasteiger partial charge is 0.0623 e. The Hall–Kier alpha value is -0.120. The van der Waals surface area contributed by atoms with Crippen molar-refractivity contribution < 1.29 is 4.74 Å². The van der Waals surface area contributed by atoms with Crippen LogP contribution >= 0.6 is 0 Å². The molecule has 0 spiro atoms. The van der Waals surface area contributed by atoms with Crippen LogP contribution in [0.5, 0.6) is 0 Å². The molecule has 0 fully saturated rings. The highest BCUT2D eigenvalue weighted by Crippen LogP contribution is 2.18. The Morgan fingerprint density at radius 2 is 1.74 bits per heavy atom. The second-order valence-electron chi connectivity index (χ2n) is 5.97. The molecule has 0 amide bonds. The fraction of sp³-hybridized carbons (Fsp3) is 1.00. The van der Waals surface area contributed by atoms with Gasteiger partial charge in [-0.25, -0.2) is 0 Å². The van der Waals surface area contributed by atoms with Crippen LogP contribution in [0.1, 0.15) is 60.3 Å². The molecule has 116 valence electrons. The van der Waals surface area contributed by atoms with Gasteiger partial charge < -0.3 is 15.0 Å². The molecule has 0 bridgehead atoms. The van der Waals surface area contributed by atoms with Gasteiger partial charge in [-0.15, -0.1) is 0 Å². The first-order valence-corrected chi connectivity index (χ1v) is 7.99. The van der Waals surface area contributed by atoms with Crippen molar-refractivity contribution in [2.75, 3.05) is 33.3 Å². The quantitative estimate of drug-likeness (QED) is 0.590. The second-order valence-corrected chi connectivity index (χ2v) is 5.97. The second kappa shape index (κ2) is 10.6. The number of nitrogens with one attached hydrogen (secondary N) is 1. The maximum absolute atomic E-state index is 5.52. The average Bonchev–Trinajstić information content (AvgIpc) is 2.42. The summed E-state index contributed by atoms with van der Waals surface area (Å²) in [6, 6.07) is 0.620. The molecule has 0 aliphatic heterocycles. The monoisotopic (exact) mass is 272 g/mol. The first-order chi connectivity index (χ1) is 8.99. The van der Waals surface area contributed by atoms with Crippen LogP contribution in [-0.2, 0) is 4.74 Å². The van der Waals surface area contributed by atoms with Crippen LogP contribution in [0.2, 0.25) is 0 Å². The molecule has 0 saturated heterocycles. The van der Waals surface area contributed by atoms with E-state index in [-0.39, 0.29) is 5.60 Å². The van der Waals surface area contributed by atoms with Crippen LogP contribution in [0, 0.1) is 0 Å². The highest BCUT2D eigenvalue weighted by atomic mass is 16.5. The summed E-state index contributed by atoms with van der Waals surface area (Å²) in [6.45, 7) is 15.7. The molecule has 1 atom stereocenters. The van der Waals surface area contributed by atoms with E-state index < -0.39 is 0 Å². The minimum Gasteiger partial charge on any atom is -0.379 e. The Morgan fingerprint density at radius 1 is 1.11 bits per heavy atom. The Labute approximate surface area is 121 Å². The summed E-state index contributed by atoms with van der Waals surface area (Å²) in [5.74, 6) is 0. The van der Waals surface area contributed by atoms with E-state index >= 15 is 0 Å². The molecule has 0 aromatic rings. The van der Waals surface area contributed by atoms with Crippen molar-refractivity contribution in [3.8, 4) is 0 Å². The lowest BCUT2D eigenvalue weighted by molar-refractivity contribution is 0.0113. The minimum absolute atomic E-state index is 0.00133. The van der Waals surface area contributed by atoms with Gasteiger partial charge in [0.15, 0.2) is 0 Å². The molecule has 3 heteroatoms. The van der Waals surface area contributed by atoms with Crippen LogP contribution in [0.25, 0.3) is 0 Å². The topological polar surface area (TPSA) is 24.5 Å². The van der Waals surface area contributed by atoms with Crippen LogP contribution in [0.15, 0.2) is 0 Å². The zero-order valence-corrected chi connectivity index (χ0v) is 14.1. The maximum atomic E-state index is 5.52. The molecule has 1 N–H and O–H groups in total. The van der Waals surface area contributed by atoms with Crippen LogP contribution in [-0.4, -0.2) is 49.8 Å². The first-order valence-electron chi connectivity index (χ1n) is 7.99. The summed E-state index contributed by atoms with van der Waals surface area (Å²) < 4.78 is 5.52. The highest BCUT2D eigenvalue weighted by Gasteiger charge is 2.19. The van der Waals surface area contributed by atoms with Gasteiger partial charge in [0.05, 0.1) is 5.60 Å². The summed E-state index contributed by atoms with van der Waals surface area (Å²) >= 11 is 0. The molecule has 0 heterocycles. The standard InChI is InChI=1S/C16H36N2O/c1-7-13-17-15(10-12-16(4,5)19-6)11-14-18(8-2)9-3/h15,17H,7-14H2,1-6H3. The first kappa shape index (κ1) is 18.9. The summed E-state index contributed by atoms with van der Waals surface area (Å²) in [5.41, 5.74) is 0.00133. The maximum Gasteiger partial charge on any atom is 0.0623 e. The van der Waals surface area contributed by atoms with E-state index in [1.807, 2.05) is 7.11 Å². The van der Waals surface area contributed by atoms with Crippen LogP contribution < -0.4 is 5.32 Å². The minimum atomic E-state index is 0.00133. The van der Waals surface area contributed by atoms with E-state index in [1.165, 1.54) is 25.8 Å². The van der Waals surface area contributed by atoms with Gasteiger partial charge >= 0.3 is 0 Å². The Balaban J connectivity index is 4.14. The predicted octanol–water partition coefficient (Wildman–Crippen LogP) is 3.29. The third-order valence-electron chi connectivity index (χ3n) is 4.02. The average molecular weight is 272 g/mol. The van der Waals surface area contributed by atoms with E-state index in [0.717, 1.165) is 26.1 Å². The molecule has 3 nitrogen and oxygen atoms in total. The predicted molar refractivity (Wildman–Crippen MR) is 84.8 cm³/mol. The van der Waals surface area contributed by atoms with Crippen molar-refractivity contribution in [2.24, 2.45) is 0 Å². The van der Waals surface area contributed by atoms with Gasteiger partial charge in [0.2, 0.25) is 0 Å². The van der Waals surface area contributed by atoms with Gasteiger partial charge in [0.1, 0.15) is 0 Å². The molecule has 0 aliphatic rings. The molecule has 0 aliphatic carbocycles. The molecule has 0 aromatic carbocycles. The van der Waals surface area contributed by atoms with E-state index in [4.69, 9.17) is 4.74 Å². The molecule has 0 aromatic heterocycles. The van der Waals surface area contributed by atoms with Crippen molar-refractivity contribution in [2.45, 2.75) is 71.9 Å². The normalized spacial score (nSPS) is 14.1. The molecule has 0 radical (unpaired) electrons. The third kappa shape index (κ3) is 9.42. The summed E-state index contributed by atoms with van der Waals surface area (Å²) in [7, 11) is 1.81. The van der Waals surface area contributed by atoms with Crippen molar-refractivity contribution in [3.63, 3.8) is 0 Å². The zero-order valence-electron chi connectivity index (χ0n) is 14.1. The van der Waals surface area contributed by atoms with Gasteiger partial charge in [0.25, 0.3) is 0 Å². The van der Waals surface area contributed by atoms with Crippen molar-refractivity contribution in [1.82, 2.24) is 10.2 Å². The van der Waals surface area contributed by atoms with E-state index in [2.05, 4.69) is 44.8 Å². The molecule has 0 saturated carbocycles. The van der Waals surface area contributed by atoms with Crippen molar-refractivity contribution in [1.29, 1.82) is 0 Å².